The van der Waals surface area contributed by atoms with Crippen molar-refractivity contribution in [3.8, 4) is 11.5 Å². The summed E-state index contributed by atoms with van der Waals surface area (Å²) < 4.78 is 10.6. The topological polar surface area (TPSA) is 76.7 Å². The van der Waals surface area contributed by atoms with E-state index in [-0.39, 0.29) is 22.7 Å². The minimum Gasteiger partial charge on any atom is -0.507 e. The van der Waals surface area contributed by atoms with E-state index >= 15 is 0 Å². The molecule has 1 aromatic carbocycles. The van der Waals surface area contributed by atoms with Crippen LogP contribution in [0.1, 0.15) is 43.1 Å². The quantitative estimate of drug-likeness (QED) is 0.518. The van der Waals surface area contributed by atoms with Crippen molar-refractivity contribution in [2.45, 2.75) is 33.6 Å². The smallest absolute Gasteiger partial charge is 0.336 e. The Morgan fingerprint density at radius 3 is 2.65 bits per heavy atom. The fraction of sp³-hybridized carbons (Fsp3) is 0.333. The predicted octanol–water partition coefficient (Wildman–Crippen LogP) is 3.61. The highest BCUT2D eigenvalue weighted by molar-refractivity contribution is 6.17. The van der Waals surface area contributed by atoms with E-state index in [0.717, 1.165) is 12.0 Å². The van der Waals surface area contributed by atoms with Crippen LogP contribution in [0.2, 0.25) is 0 Å². The van der Waals surface area contributed by atoms with Crippen LogP contribution < -0.4 is 10.4 Å². The summed E-state index contributed by atoms with van der Waals surface area (Å²) in [6.07, 6.45) is 3.10. The molecule has 0 atom stereocenters. The van der Waals surface area contributed by atoms with Gasteiger partial charge in [-0.25, -0.2) is 4.79 Å². The summed E-state index contributed by atoms with van der Waals surface area (Å²) >= 11 is 0. The van der Waals surface area contributed by atoms with Gasteiger partial charge < -0.3 is 14.3 Å². The maximum absolute atomic E-state index is 12.6. The van der Waals surface area contributed by atoms with Gasteiger partial charge in [0.25, 0.3) is 0 Å². The molecule has 0 saturated heterocycles. The first-order chi connectivity index (χ1) is 10.9. The van der Waals surface area contributed by atoms with Crippen molar-refractivity contribution in [2.75, 3.05) is 7.11 Å². The first-order valence-corrected chi connectivity index (χ1v) is 7.48. The molecule has 1 heterocycles. The molecule has 0 aliphatic rings. The van der Waals surface area contributed by atoms with Crippen LogP contribution in [0, 0.1) is 0 Å². The van der Waals surface area contributed by atoms with E-state index in [0.29, 0.717) is 23.1 Å². The fourth-order valence-electron chi connectivity index (χ4n) is 2.55. The molecular formula is C18H20O5. The average molecular weight is 316 g/mol. The second-order valence-electron chi connectivity index (χ2n) is 5.32. The third-order valence-electron chi connectivity index (χ3n) is 3.80. The summed E-state index contributed by atoms with van der Waals surface area (Å²) in [5, 5.41) is 10.8. The Balaban J connectivity index is 2.97. The van der Waals surface area contributed by atoms with E-state index < -0.39 is 5.63 Å². The van der Waals surface area contributed by atoms with Crippen LogP contribution in [-0.4, -0.2) is 18.0 Å². The highest BCUT2D eigenvalue weighted by Crippen LogP contribution is 2.38. The van der Waals surface area contributed by atoms with Gasteiger partial charge >= 0.3 is 5.63 Å². The molecule has 0 radical (unpaired) electrons. The van der Waals surface area contributed by atoms with Gasteiger partial charge in [-0.3, -0.25) is 4.79 Å². The Bertz CT molecular complexity index is 843. The number of methoxy groups -OCH3 is 1. The number of phenols is 1. The molecule has 0 unspecified atom stereocenters. The van der Waals surface area contributed by atoms with Crippen molar-refractivity contribution in [1.82, 2.24) is 0 Å². The normalized spacial score (nSPS) is 11.7. The molecular weight excluding hydrogens is 296 g/mol. The Kier molecular flexibility index (Phi) is 4.89. The summed E-state index contributed by atoms with van der Waals surface area (Å²) in [5.41, 5.74) is 0.703. The molecule has 2 aromatic rings. The first-order valence-electron chi connectivity index (χ1n) is 7.48. The molecule has 5 nitrogen and oxygen atoms in total. The maximum atomic E-state index is 12.6. The Hall–Kier alpha value is -2.56. The molecule has 0 aliphatic heterocycles. The maximum Gasteiger partial charge on any atom is 0.336 e. The lowest BCUT2D eigenvalue weighted by Gasteiger charge is -2.13. The molecule has 0 saturated carbocycles. The van der Waals surface area contributed by atoms with E-state index in [9.17, 15) is 14.7 Å². The van der Waals surface area contributed by atoms with Gasteiger partial charge in [0.15, 0.2) is 11.4 Å². The standard InChI is InChI=1S/C18H20O5/c1-5-7-11-8-14(20)23-18-15(11)13(22-4)9-12(19)16(18)17(21)10(3)6-2/h6,8-9,19H,5,7H2,1-4H3/b10-6+. The van der Waals surface area contributed by atoms with Crippen LogP contribution in [0.5, 0.6) is 11.5 Å². The lowest BCUT2D eigenvalue weighted by molar-refractivity contribution is 0.103. The predicted molar refractivity (Wildman–Crippen MR) is 88.5 cm³/mol. The van der Waals surface area contributed by atoms with Crippen molar-refractivity contribution in [2.24, 2.45) is 0 Å². The minimum absolute atomic E-state index is 0.00791. The van der Waals surface area contributed by atoms with Crippen LogP contribution in [0.15, 0.2) is 33.0 Å². The molecule has 0 amide bonds. The Morgan fingerprint density at radius 1 is 1.39 bits per heavy atom. The Labute approximate surface area is 134 Å². The largest absolute Gasteiger partial charge is 0.507 e. The Morgan fingerprint density at radius 2 is 2.09 bits per heavy atom. The van der Waals surface area contributed by atoms with Gasteiger partial charge in [0.05, 0.1) is 12.5 Å². The van der Waals surface area contributed by atoms with Gasteiger partial charge in [-0.15, -0.1) is 0 Å². The van der Waals surface area contributed by atoms with Crippen molar-refractivity contribution >= 4 is 16.8 Å². The number of carbonyl (C=O) groups excluding carboxylic acids is 1. The van der Waals surface area contributed by atoms with Crippen LogP contribution in [0.25, 0.3) is 11.0 Å². The average Bonchev–Trinajstić information content (AvgIpc) is 2.52. The SMILES string of the molecule is C/C=C(\C)C(=O)c1c(O)cc(OC)c2c(CCC)cc(=O)oc12. The number of benzene rings is 1. The highest BCUT2D eigenvalue weighted by atomic mass is 16.5. The fourth-order valence-corrected chi connectivity index (χ4v) is 2.55. The van der Waals surface area contributed by atoms with Crippen molar-refractivity contribution in [1.29, 1.82) is 0 Å². The van der Waals surface area contributed by atoms with Crippen molar-refractivity contribution in [3.05, 3.63) is 45.3 Å². The van der Waals surface area contributed by atoms with Gasteiger partial charge in [-0.1, -0.05) is 19.4 Å². The second-order valence-corrected chi connectivity index (χ2v) is 5.32. The lowest BCUT2D eigenvalue weighted by Crippen LogP contribution is -2.08. The van der Waals surface area contributed by atoms with E-state index in [1.54, 1.807) is 19.9 Å². The second kappa shape index (κ2) is 6.69. The summed E-state index contributed by atoms with van der Waals surface area (Å²) in [6, 6.07) is 2.79. The van der Waals surface area contributed by atoms with Crippen LogP contribution in [0.4, 0.5) is 0 Å². The summed E-state index contributed by atoms with van der Waals surface area (Å²) in [7, 11) is 1.47. The molecule has 0 spiro atoms. The molecule has 5 heteroatoms. The number of rotatable bonds is 5. The van der Waals surface area contributed by atoms with Crippen molar-refractivity contribution < 1.29 is 19.1 Å². The highest BCUT2D eigenvalue weighted by Gasteiger charge is 2.23. The first kappa shape index (κ1) is 16.8. The molecule has 0 aliphatic carbocycles. The molecule has 2 rings (SSSR count). The number of carbonyl (C=O) groups is 1. The van der Waals surface area contributed by atoms with Crippen molar-refractivity contribution in [3.63, 3.8) is 0 Å². The number of hydrogen-bond acceptors (Lipinski definition) is 5. The summed E-state index contributed by atoms with van der Waals surface area (Å²) in [5.74, 6) is -0.272. The number of phenolic OH excluding ortho intramolecular Hbond substituents is 1. The van der Waals surface area contributed by atoms with E-state index in [4.69, 9.17) is 9.15 Å². The number of fused-ring (bicyclic) bond motifs is 1. The van der Waals surface area contributed by atoms with Gasteiger partial charge in [-0.05, 0) is 31.4 Å². The molecule has 0 fully saturated rings. The monoisotopic (exact) mass is 316 g/mol. The molecule has 0 bridgehead atoms. The summed E-state index contributed by atoms with van der Waals surface area (Å²) in [4.78, 5) is 24.4. The molecule has 122 valence electrons. The molecule has 1 aromatic heterocycles. The number of Topliss-reactive ketones (excluding diaryl/α,β-unsaturated/α-hetero) is 1. The van der Waals surface area contributed by atoms with E-state index in [1.807, 2.05) is 6.92 Å². The number of aryl methyl sites for hydroxylation is 1. The minimum atomic E-state index is -0.555. The van der Waals surface area contributed by atoms with Crippen LogP contribution >= 0.6 is 0 Å². The zero-order valence-corrected chi connectivity index (χ0v) is 13.7. The summed E-state index contributed by atoms with van der Waals surface area (Å²) in [6.45, 7) is 5.36. The van der Waals surface area contributed by atoms with E-state index in [2.05, 4.69) is 0 Å². The number of aromatic hydroxyl groups is 1. The zero-order chi connectivity index (χ0) is 17.1. The number of ketones is 1. The molecule has 1 N–H and O–H groups in total. The van der Waals surface area contributed by atoms with Gasteiger partial charge in [0, 0.05) is 12.1 Å². The number of hydrogen-bond donors (Lipinski definition) is 1. The molecule has 23 heavy (non-hydrogen) atoms. The van der Waals surface area contributed by atoms with Gasteiger partial charge in [0.2, 0.25) is 0 Å². The van der Waals surface area contributed by atoms with E-state index in [1.165, 1.54) is 19.2 Å². The van der Waals surface area contributed by atoms with Gasteiger partial charge in [0.1, 0.15) is 17.1 Å². The van der Waals surface area contributed by atoms with Crippen LogP contribution in [-0.2, 0) is 6.42 Å². The number of ether oxygens (including phenoxy) is 1. The third kappa shape index (κ3) is 2.99. The third-order valence-corrected chi connectivity index (χ3v) is 3.80. The zero-order valence-electron chi connectivity index (χ0n) is 13.7. The lowest BCUT2D eigenvalue weighted by atomic mass is 9.97. The van der Waals surface area contributed by atoms with Crippen LogP contribution in [0.3, 0.4) is 0 Å². The number of allylic oxidation sites excluding steroid dienone is 2. The van der Waals surface area contributed by atoms with Gasteiger partial charge in [-0.2, -0.15) is 0 Å².